The van der Waals surface area contributed by atoms with E-state index < -0.39 is 15.6 Å². The molecule has 7 nitrogen and oxygen atoms in total. The maximum atomic E-state index is 12.4. The van der Waals surface area contributed by atoms with Crippen LogP contribution in [0.2, 0.25) is 0 Å². The van der Waals surface area contributed by atoms with Crippen LogP contribution in [0, 0.1) is 0 Å². The number of fused-ring (bicyclic) bond motifs is 1. The first kappa shape index (κ1) is 15.7. The largest absolute Gasteiger partial charge is 0.329 e. The van der Waals surface area contributed by atoms with Gasteiger partial charge in [0.05, 0.1) is 15.9 Å². The van der Waals surface area contributed by atoms with Crippen molar-refractivity contribution in [2.75, 3.05) is 6.54 Å². The van der Waals surface area contributed by atoms with Gasteiger partial charge in [-0.15, -0.1) is 0 Å². The van der Waals surface area contributed by atoms with Crippen LogP contribution in [0.1, 0.15) is 13.8 Å². The number of nitrogens with zero attached hydrogens (tertiary/aromatic N) is 2. The van der Waals surface area contributed by atoms with Gasteiger partial charge in [0.15, 0.2) is 0 Å². The molecule has 0 radical (unpaired) electrons. The fourth-order valence-electron chi connectivity index (χ4n) is 2.12. The highest BCUT2D eigenvalue weighted by Crippen LogP contribution is 2.19. The van der Waals surface area contributed by atoms with E-state index in [0.29, 0.717) is 11.0 Å². The number of hydrogen-bond donors (Lipinski definition) is 2. The van der Waals surface area contributed by atoms with Crippen molar-refractivity contribution in [3.8, 4) is 0 Å². The van der Waals surface area contributed by atoms with Crippen molar-refractivity contribution in [2.45, 2.75) is 24.3 Å². The van der Waals surface area contributed by atoms with E-state index in [1.165, 1.54) is 21.3 Å². The van der Waals surface area contributed by atoms with Crippen LogP contribution in [0.25, 0.3) is 11.0 Å². The Balaban J connectivity index is 2.58. The molecule has 0 aliphatic rings. The second kappa shape index (κ2) is 4.97. The summed E-state index contributed by atoms with van der Waals surface area (Å²) >= 11 is 0. The molecule has 0 spiro atoms. The molecule has 116 valence electrons. The molecule has 0 bridgehead atoms. The number of aromatic nitrogens is 2. The van der Waals surface area contributed by atoms with Gasteiger partial charge < -0.3 is 5.73 Å². The Morgan fingerprint density at radius 3 is 2.33 bits per heavy atom. The molecule has 0 unspecified atom stereocenters. The van der Waals surface area contributed by atoms with E-state index in [4.69, 9.17) is 5.73 Å². The van der Waals surface area contributed by atoms with Gasteiger partial charge in [0.1, 0.15) is 0 Å². The summed E-state index contributed by atoms with van der Waals surface area (Å²) in [5.41, 5.74) is 5.86. The van der Waals surface area contributed by atoms with Crippen LogP contribution in [-0.2, 0) is 24.1 Å². The molecule has 0 amide bonds. The third-order valence-corrected chi connectivity index (χ3v) is 5.17. The first-order valence-electron chi connectivity index (χ1n) is 6.48. The van der Waals surface area contributed by atoms with Crippen molar-refractivity contribution in [3.05, 3.63) is 28.7 Å². The SMILES string of the molecule is Cn1c(=O)n(C)c2cc(S(=O)(=O)NC(C)(C)CN)ccc21. The Labute approximate surface area is 123 Å². The highest BCUT2D eigenvalue weighted by Gasteiger charge is 2.25. The number of aryl methyl sites for hydroxylation is 2. The van der Waals surface area contributed by atoms with Gasteiger partial charge in [0.25, 0.3) is 0 Å². The summed E-state index contributed by atoms with van der Waals surface area (Å²) in [6.45, 7) is 3.60. The zero-order valence-electron chi connectivity index (χ0n) is 12.5. The predicted octanol–water partition coefficient (Wildman–Crippen LogP) is -0.107. The van der Waals surface area contributed by atoms with Crippen molar-refractivity contribution in [1.82, 2.24) is 13.9 Å². The van der Waals surface area contributed by atoms with E-state index in [9.17, 15) is 13.2 Å². The minimum atomic E-state index is -3.70. The average Bonchev–Trinajstić information content (AvgIpc) is 2.62. The lowest BCUT2D eigenvalue weighted by Crippen LogP contribution is -2.48. The molecule has 3 N–H and O–H groups in total. The van der Waals surface area contributed by atoms with Crippen molar-refractivity contribution >= 4 is 21.1 Å². The number of imidazole rings is 1. The smallest absolute Gasteiger partial charge is 0.328 e. The van der Waals surface area contributed by atoms with E-state index in [2.05, 4.69) is 4.72 Å². The quantitative estimate of drug-likeness (QED) is 0.823. The molecule has 2 rings (SSSR count). The van der Waals surface area contributed by atoms with Crippen molar-refractivity contribution in [3.63, 3.8) is 0 Å². The van der Waals surface area contributed by atoms with Gasteiger partial charge in [-0.25, -0.2) is 17.9 Å². The first-order chi connectivity index (χ1) is 9.59. The molecular formula is C13H20N4O3S. The lowest BCUT2D eigenvalue weighted by Gasteiger charge is -2.23. The molecule has 21 heavy (non-hydrogen) atoms. The number of nitrogens with one attached hydrogen (secondary N) is 1. The lowest BCUT2D eigenvalue weighted by atomic mass is 10.1. The van der Waals surface area contributed by atoms with Crippen LogP contribution >= 0.6 is 0 Å². The van der Waals surface area contributed by atoms with Gasteiger partial charge in [-0.2, -0.15) is 0 Å². The number of nitrogens with two attached hydrogens (primary N) is 1. The molecule has 8 heteroatoms. The van der Waals surface area contributed by atoms with Gasteiger partial charge in [-0.1, -0.05) is 0 Å². The van der Waals surface area contributed by atoms with Gasteiger partial charge in [-0.3, -0.25) is 9.13 Å². The molecule has 0 atom stereocenters. The van der Waals surface area contributed by atoms with E-state index in [-0.39, 0.29) is 17.1 Å². The zero-order chi connectivity index (χ0) is 16.0. The molecule has 0 fully saturated rings. The molecule has 2 aromatic rings. The van der Waals surface area contributed by atoms with Gasteiger partial charge in [-0.05, 0) is 32.0 Å². The molecule has 0 saturated carbocycles. The van der Waals surface area contributed by atoms with E-state index in [1.807, 2.05) is 0 Å². The Morgan fingerprint density at radius 2 is 1.76 bits per heavy atom. The topological polar surface area (TPSA) is 99.1 Å². The molecular weight excluding hydrogens is 292 g/mol. The third-order valence-electron chi connectivity index (χ3n) is 3.47. The third kappa shape index (κ3) is 2.74. The molecule has 1 aromatic heterocycles. The van der Waals surface area contributed by atoms with E-state index in [1.54, 1.807) is 34.0 Å². The van der Waals surface area contributed by atoms with Crippen molar-refractivity contribution in [1.29, 1.82) is 0 Å². The molecule has 0 aliphatic heterocycles. The number of hydrogen-bond acceptors (Lipinski definition) is 4. The average molecular weight is 312 g/mol. The predicted molar refractivity (Wildman–Crippen MR) is 81.6 cm³/mol. The lowest BCUT2D eigenvalue weighted by molar-refractivity contribution is 0.462. The maximum absolute atomic E-state index is 12.4. The summed E-state index contributed by atoms with van der Waals surface area (Å²) in [5, 5.41) is 0. The normalized spacial score (nSPS) is 13.0. The zero-order valence-corrected chi connectivity index (χ0v) is 13.4. The number of benzene rings is 1. The highest BCUT2D eigenvalue weighted by atomic mass is 32.2. The summed E-state index contributed by atoms with van der Waals surface area (Å²) in [5.74, 6) is 0. The minimum Gasteiger partial charge on any atom is -0.329 e. The Kier molecular flexibility index (Phi) is 3.73. The molecule has 1 heterocycles. The summed E-state index contributed by atoms with van der Waals surface area (Å²) in [4.78, 5) is 12.0. The summed E-state index contributed by atoms with van der Waals surface area (Å²) in [7, 11) is -0.440. The second-order valence-corrected chi connectivity index (χ2v) is 7.43. The van der Waals surface area contributed by atoms with Crippen LogP contribution in [0.15, 0.2) is 27.9 Å². The van der Waals surface area contributed by atoms with Crippen molar-refractivity contribution < 1.29 is 8.42 Å². The van der Waals surface area contributed by atoms with E-state index in [0.717, 1.165) is 0 Å². The van der Waals surface area contributed by atoms with Crippen LogP contribution in [0.4, 0.5) is 0 Å². The van der Waals surface area contributed by atoms with Gasteiger partial charge in [0.2, 0.25) is 10.0 Å². The second-order valence-electron chi connectivity index (χ2n) is 5.74. The minimum absolute atomic E-state index is 0.109. The summed E-state index contributed by atoms with van der Waals surface area (Å²) in [6, 6.07) is 4.60. The van der Waals surface area contributed by atoms with Crippen LogP contribution < -0.4 is 16.1 Å². The first-order valence-corrected chi connectivity index (χ1v) is 7.97. The summed E-state index contributed by atoms with van der Waals surface area (Å²) in [6.07, 6.45) is 0. The maximum Gasteiger partial charge on any atom is 0.328 e. The van der Waals surface area contributed by atoms with Crippen molar-refractivity contribution in [2.24, 2.45) is 19.8 Å². The molecule has 0 aliphatic carbocycles. The van der Waals surface area contributed by atoms with E-state index >= 15 is 0 Å². The molecule has 0 saturated heterocycles. The highest BCUT2D eigenvalue weighted by molar-refractivity contribution is 7.89. The van der Waals surface area contributed by atoms with Crippen LogP contribution in [0.5, 0.6) is 0 Å². The summed E-state index contributed by atoms with van der Waals surface area (Å²) < 4.78 is 30.2. The monoisotopic (exact) mass is 312 g/mol. The Hall–Kier alpha value is -1.64. The van der Waals surface area contributed by atoms with Crippen LogP contribution in [-0.4, -0.2) is 29.6 Å². The number of rotatable bonds is 4. The molecule has 1 aromatic carbocycles. The van der Waals surface area contributed by atoms with Crippen LogP contribution in [0.3, 0.4) is 0 Å². The number of sulfonamides is 1. The van der Waals surface area contributed by atoms with Gasteiger partial charge >= 0.3 is 5.69 Å². The Bertz CT molecular complexity index is 846. The standard InChI is InChI=1S/C13H20N4O3S/c1-13(2,8-14)15-21(19,20)9-5-6-10-11(7-9)17(4)12(18)16(10)3/h5-7,15H,8,14H2,1-4H3. The fourth-order valence-corrected chi connectivity index (χ4v) is 3.56. The van der Waals surface area contributed by atoms with Gasteiger partial charge in [0, 0.05) is 26.2 Å². The Morgan fingerprint density at radius 1 is 1.19 bits per heavy atom. The fraction of sp³-hybridized carbons (Fsp3) is 0.462.